The van der Waals surface area contributed by atoms with Crippen molar-refractivity contribution in [3.8, 4) is 0 Å². The number of carbonyl (C=O) groups excluding carboxylic acids is 1. The quantitative estimate of drug-likeness (QED) is 0.605. The summed E-state index contributed by atoms with van der Waals surface area (Å²) in [6.45, 7) is 5.97. The van der Waals surface area contributed by atoms with E-state index in [4.69, 9.17) is 5.41 Å². The Bertz CT molecular complexity index is 155. The molecule has 0 heterocycles. The molecule has 0 spiro atoms. The molecule has 1 unspecified atom stereocenters. The van der Waals surface area contributed by atoms with Gasteiger partial charge in [-0.1, -0.05) is 13.8 Å². The highest BCUT2D eigenvalue weighted by Crippen LogP contribution is 2.02. The molecule has 0 saturated heterocycles. The summed E-state index contributed by atoms with van der Waals surface area (Å²) in [6.07, 6.45) is 2.71. The molecule has 0 fully saturated rings. The Hall–Kier alpha value is -0.860. The van der Waals surface area contributed by atoms with Crippen LogP contribution in [-0.2, 0) is 4.79 Å². The maximum atomic E-state index is 11.1. The molecule has 0 aromatic carbocycles. The van der Waals surface area contributed by atoms with E-state index in [1.165, 1.54) is 6.21 Å². The van der Waals surface area contributed by atoms with E-state index in [-0.39, 0.29) is 11.9 Å². The van der Waals surface area contributed by atoms with Gasteiger partial charge in [0.1, 0.15) is 0 Å². The van der Waals surface area contributed by atoms with E-state index in [9.17, 15) is 4.79 Å². The number of hydrogen-bond donors (Lipinski definition) is 2. The molecule has 0 aromatic rings. The van der Waals surface area contributed by atoms with E-state index in [0.717, 1.165) is 6.42 Å². The van der Waals surface area contributed by atoms with Crippen molar-refractivity contribution in [2.45, 2.75) is 39.7 Å². The summed E-state index contributed by atoms with van der Waals surface area (Å²) < 4.78 is 0. The van der Waals surface area contributed by atoms with Gasteiger partial charge >= 0.3 is 0 Å². The van der Waals surface area contributed by atoms with Crippen molar-refractivity contribution in [3.63, 3.8) is 0 Å². The van der Waals surface area contributed by atoms with Gasteiger partial charge in [0.25, 0.3) is 0 Å². The highest BCUT2D eigenvalue weighted by molar-refractivity contribution is 5.79. The first kappa shape index (κ1) is 11.1. The smallest absolute Gasteiger partial charge is 0.220 e. The van der Waals surface area contributed by atoms with Gasteiger partial charge in [0.15, 0.2) is 0 Å². The van der Waals surface area contributed by atoms with E-state index in [0.29, 0.717) is 12.3 Å². The third kappa shape index (κ3) is 5.89. The van der Waals surface area contributed by atoms with E-state index >= 15 is 0 Å². The first-order valence-electron chi connectivity index (χ1n) is 4.36. The lowest BCUT2D eigenvalue weighted by Crippen LogP contribution is -2.33. The lowest BCUT2D eigenvalue weighted by Gasteiger charge is -2.09. The Kier molecular flexibility index (Phi) is 5.34. The van der Waals surface area contributed by atoms with Crippen LogP contribution in [0, 0.1) is 11.3 Å². The summed E-state index contributed by atoms with van der Waals surface area (Å²) in [5, 5.41) is 9.58. The van der Waals surface area contributed by atoms with Crippen molar-refractivity contribution in [1.29, 1.82) is 5.41 Å². The zero-order valence-electron chi connectivity index (χ0n) is 8.05. The van der Waals surface area contributed by atoms with Crippen LogP contribution in [0.3, 0.4) is 0 Å². The highest BCUT2D eigenvalue weighted by Gasteiger charge is 2.05. The van der Waals surface area contributed by atoms with Crippen molar-refractivity contribution in [3.05, 3.63) is 0 Å². The molecule has 0 aromatic heterocycles. The lowest BCUT2D eigenvalue weighted by atomic mass is 10.1. The summed E-state index contributed by atoms with van der Waals surface area (Å²) in [6, 6.07) is -0.135. The van der Waals surface area contributed by atoms with Gasteiger partial charge in [0.05, 0.1) is 6.04 Å². The monoisotopic (exact) mass is 170 g/mol. The molecule has 0 aliphatic carbocycles. The molecule has 0 saturated carbocycles. The van der Waals surface area contributed by atoms with Crippen LogP contribution in [0.25, 0.3) is 0 Å². The van der Waals surface area contributed by atoms with E-state index in [2.05, 4.69) is 19.2 Å². The van der Waals surface area contributed by atoms with Gasteiger partial charge in [-0.2, -0.15) is 0 Å². The first-order valence-corrected chi connectivity index (χ1v) is 4.36. The summed E-state index contributed by atoms with van der Waals surface area (Å²) in [5.41, 5.74) is 0. The van der Waals surface area contributed by atoms with Gasteiger partial charge in [0.2, 0.25) is 5.91 Å². The molecule has 3 nitrogen and oxygen atoms in total. The van der Waals surface area contributed by atoms with Gasteiger partial charge in [0, 0.05) is 12.6 Å². The molecule has 3 heteroatoms. The summed E-state index contributed by atoms with van der Waals surface area (Å²) in [4.78, 5) is 11.1. The number of hydrogen-bond acceptors (Lipinski definition) is 2. The Morgan fingerprint density at radius 2 is 2.08 bits per heavy atom. The Balaban J connectivity index is 3.53. The van der Waals surface area contributed by atoms with Crippen LogP contribution in [0.15, 0.2) is 0 Å². The SMILES string of the molecule is CC(C)CCC(=O)NC(C)C=N. The van der Waals surface area contributed by atoms with Gasteiger partial charge in [-0.25, -0.2) is 0 Å². The minimum atomic E-state index is -0.135. The van der Waals surface area contributed by atoms with Crippen LogP contribution < -0.4 is 5.32 Å². The van der Waals surface area contributed by atoms with Crippen molar-refractivity contribution in [2.24, 2.45) is 5.92 Å². The fourth-order valence-electron chi connectivity index (χ4n) is 0.788. The molecular weight excluding hydrogens is 152 g/mol. The summed E-state index contributed by atoms with van der Waals surface area (Å²) in [7, 11) is 0. The molecule has 0 aliphatic heterocycles. The van der Waals surface area contributed by atoms with Crippen LogP contribution in [0.5, 0.6) is 0 Å². The second-order valence-corrected chi connectivity index (χ2v) is 3.46. The predicted octanol–water partition coefficient (Wildman–Crippen LogP) is 1.58. The van der Waals surface area contributed by atoms with Gasteiger partial charge in [-0.3, -0.25) is 4.79 Å². The minimum absolute atomic E-state index is 0.0414. The van der Waals surface area contributed by atoms with Gasteiger partial charge in [-0.05, 0) is 19.3 Å². The maximum absolute atomic E-state index is 11.1. The zero-order valence-corrected chi connectivity index (χ0v) is 8.05. The predicted molar refractivity (Wildman–Crippen MR) is 50.5 cm³/mol. The van der Waals surface area contributed by atoms with E-state index in [1.807, 2.05) is 0 Å². The summed E-state index contributed by atoms with van der Waals surface area (Å²) >= 11 is 0. The Labute approximate surface area is 74.1 Å². The average Bonchev–Trinajstić information content (AvgIpc) is 2.00. The molecule has 70 valence electrons. The molecular formula is C9H18N2O. The van der Waals surface area contributed by atoms with Gasteiger partial charge in [-0.15, -0.1) is 0 Å². The van der Waals surface area contributed by atoms with Crippen molar-refractivity contribution < 1.29 is 4.79 Å². The lowest BCUT2D eigenvalue weighted by molar-refractivity contribution is -0.121. The number of amides is 1. The molecule has 0 radical (unpaired) electrons. The molecule has 0 bridgehead atoms. The number of rotatable bonds is 5. The van der Waals surface area contributed by atoms with Crippen LogP contribution in [0.1, 0.15) is 33.6 Å². The molecule has 0 rings (SSSR count). The Morgan fingerprint density at radius 3 is 2.50 bits per heavy atom. The van der Waals surface area contributed by atoms with Crippen LogP contribution >= 0.6 is 0 Å². The topological polar surface area (TPSA) is 53.0 Å². The van der Waals surface area contributed by atoms with Crippen molar-refractivity contribution in [1.82, 2.24) is 5.32 Å². The maximum Gasteiger partial charge on any atom is 0.220 e. The molecule has 1 amide bonds. The van der Waals surface area contributed by atoms with Gasteiger partial charge < -0.3 is 10.7 Å². The number of carbonyl (C=O) groups is 1. The third-order valence-corrected chi connectivity index (χ3v) is 1.59. The van der Waals surface area contributed by atoms with E-state index < -0.39 is 0 Å². The fourth-order valence-corrected chi connectivity index (χ4v) is 0.788. The minimum Gasteiger partial charge on any atom is -0.349 e. The van der Waals surface area contributed by atoms with Crippen LogP contribution in [-0.4, -0.2) is 18.2 Å². The first-order chi connectivity index (χ1) is 5.56. The van der Waals surface area contributed by atoms with E-state index in [1.54, 1.807) is 6.92 Å². The molecule has 1 atom stereocenters. The molecule has 0 aliphatic rings. The molecule has 2 N–H and O–H groups in total. The normalized spacial score (nSPS) is 12.7. The van der Waals surface area contributed by atoms with Crippen LogP contribution in [0.2, 0.25) is 0 Å². The standard InChI is InChI=1S/C9H18N2O/c1-7(2)4-5-9(12)11-8(3)6-10/h6-8,10H,4-5H2,1-3H3,(H,11,12). The van der Waals surface area contributed by atoms with Crippen molar-refractivity contribution >= 4 is 12.1 Å². The third-order valence-electron chi connectivity index (χ3n) is 1.59. The largest absolute Gasteiger partial charge is 0.349 e. The van der Waals surface area contributed by atoms with Crippen molar-refractivity contribution in [2.75, 3.05) is 0 Å². The van der Waals surface area contributed by atoms with Crippen LogP contribution in [0.4, 0.5) is 0 Å². The average molecular weight is 170 g/mol. The number of nitrogens with one attached hydrogen (secondary N) is 2. The Morgan fingerprint density at radius 1 is 1.50 bits per heavy atom. The second-order valence-electron chi connectivity index (χ2n) is 3.46. The fraction of sp³-hybridized carbons (Fsp3) is 0.778. The molecule has 12 heavy (non-hydrogen) atoms. The zero-order chi connectivity index (χ0) is 9.56. The summed E-state index contributed by atoms with van der Waals surface area (Å²) in [5.74, 6) is 0.603. The highest BCUT2D eigenvalue weighted by atomic mass is 16.1. The second kappa shape index (κ2) is 5.75.